The first kappa shape index (κ1) is 18.9. The molecule has 2 aliphatic rings. The number of carbonyl (C=O) groups is 1. The molecule has 0 unspecified atom stereocenters. The molecule has 30 heavy (non-hydrogen) atoms. The van der Waals surface area contributed by atoms with Gasteiger partial charge in [0.15, 0.2) is 5.82 Å². The van der Waals surface area contributed by atoms with Gasteiger partial charge in [-0.2, -0.15) is 0 Å². The number of nitrogens with zero attached hydrogens (tertiary/aromatic N) is 5. The van der Waals surface area contributed by atoms with E-state index in [2.05, 4.69) is 37.9 Å². The molecule has 1 aliphatic heterocycles. The smallest absolute Gasteiger partial charge is 0.255 e. The van der Waals surface area contributed by atoms with E-state index < -0.39 is 0 Å². The fourth-order valence-corrected chi connectivity index (χ4v) is 4.03. The van der Waals surface area contributed by atoms with Crippen molar-refractivity contribution >= 4 is 11.6 Å². The van der Waals surface area contributed by atoms with Crippen LogP contribution in [0.5, 0.6) is 0 Å². The maximum absolute atomic E-state index is 12.7. The first-order chi connectivity index (χ1) is 14.8. The molecule has 2 aromatic carbocycles. The van der Waals surface area contributed by atoms with Crippen LogP contribution < -0.4 is 5.32 Å². The summed E-state index contributed by atoms with van der Waals surface area (Å²) in [6.45, 7) is 3.30. The van der Waals surface area contributed by atoms with Crippen molar-refractivity contribution in [3.63, 3.8) is 0 Å². The minimum atomic E-state index is -0.113. The molecule has 0 bridgehead atoms. The van der Waals surface area contributed by atoms with E-state index in [9.17, 15) is 4.79 Å². The van der Waals surface area contributed by atoms with E-state index in [1.54, 1.807) is 0 Å². The maximum Gasteiger partial charge on any atom is 0.255 e. The fourth-order valence-electron chi connectivity index (χ4n) is 4.03. The van der Waals surface area contributed by atoms with Gasteiger partial charge < -0.3 is 5.32 Å². The lowest BCUT2D eigenvalue weighted by molar-refractivity contribution is 0.102. The summed E-state index contributed by atoms with van der Waals surface area (Å²) in [7, 11) is 0. The van der Waals surface area contributed by atoms with E-state index in [1.807, 2.05) is 41.1 Å². The Kier molecular flexibility index (Phi) is 5.27. The molecule has 1 saturated carbocycles. The summed E-state index contributed by atoms with van der Waals surface area (Å²) in [6, 6.07) is 16.0. The Hall–Kier alpha value is -3.06. The summed E-state index contributed by atoms with van der Waals surface area (Å²) in [5.74, 6) is 0.633. The molecular formula is C23H26N6O. The average Bonchev–Trinajstić information content (AvgIpc) is 3.51. The van der Waals surface area contributed by atoms with E-state index in [1.165, 1.54) is 37.9 Å². The van der Waals surface area contributed by atoms with Gasteiger partial charge in [-0.15, -0.1) is 5.10 Å². The fraction of sp³-hybridized carbons (Fsp3) is 0.391. The van der Waals surface area contributed by atoms with Crippen LogP contribution in [0.4, 0.5) is 5.69 Å². The van der Waals surface area contributed by atoms with Gasteiger partial charge in [0.1, 0.15) is 0 Å². The number of nitrogens with one attached hydrogen (secondary N) is 1. The highest BCUT2D eigenvalue weighted by Gasteiger charge is 2.28. The zero-order valence-electron chi connectivity index (χ0n) is 17.0. The van der Waals surface area contributed by atoms with Crippen LogP contribution in [-0.2, 0) is 6.54 Å². The summed E-state index contributed by atoms with van der Waals surface area (Å²) >= 11 is 0. The molecule has 7 nitrogen and oxygen atoms in total. The van der Waals surface area contributed by atoms with Crippen LogP contribution in [0, 0.1) is 0 Å². The third-order valence-electron chi connectivity index (χ3n) is 5.84. The summed E-state index contributed by atoms with van der Waals surface area (Å²) in [5.41, 5.74) is 3.55. The SMILES string of the molecule is O=C(Nc1cccc(-c2nnnn2C2CC2)c1)c1ccc(CN2CCCCC2)cc1. The maximum atomic E-state index is 12.7. The Morgan fingerprint density at radius 2 is 1.83 bits per heavy atom. The highest BCUT2D eigenvalue weighted by atomic mass is 16.1. The topological polar surface area (TPSA) is 75.9 Å². The molecule has 7 heteroatoms. The van der Waals surface area contributed by atoms with Crippen molar-refractivity contribution in [3.8, 4) is 11.4 Å². The normalized spacial score (nSPS) is 17.1. The first-order valence-corrected chi connectivity index (χ1v) is 10.8. The van der Waals surface area contributed by atoms with Crippen LogP contribution in [0.1, 0.15) is 54.1 Å². The Morgan fingerprint density at radius 1 is 1.03 bits per heavy atom. The van der Waals surface area contributed by atoms with E-state index >= 15 is 0 Å². The molecule has 2 fully saturated rings. The van der Waals surface area contributed by atoms with Crippen LogP contribution in [0.25, 0.3) is 11.4 Å². The van der Waals surface area contributed by atoms with Crippen LogP contribution in [0.3, 0.4) is 0 Å². The predicted octanol–water partition coefficient (Wildman–Crippen LogP) is 3.91. The van der Waals surface area contributed by atoms with E-state index in [-0.39, 0.29) is 5.91 Å². The molecule has 1 aliphatic carbocycles. The zero-order chi connectivity index (χ0) is 20.3. The van der Waals surface area contributed by atoms with E-state index in [0.717, 1.165) is 36.5 Å². The molecule has 1 aromatic heterocycles. The Balaban J connectivity index is 1.25. The van der Waals surface area contributed by atoms with Crippen molar-refractivity contribution in [1.82, 2.24) is 25.1 Å². The van der Waals surface area contributed by atoms with Gasteiger partial charge in [0.25, 0.3) is 5.91 Å². The van der Waals surface area contributed by atoms with E-state index in [4.69, 9.17) is 0 Å². The van der Waals surface area contributed by atoms with Gasteiger partial charge in [0, 0.05) is 23.4 Å². The second-order valence-corrected chi connectivity index (χ2v) is 8.25. The number of anilines is 1. The first-order valence-electron chi connectivity index (χ1n) is 10.8. The van der Waals surface area contributed by atoms with Crippen molar-refractivity contribution in [3.05, 3.63) is 59.7 Å². The monoisotopic (exact) mass is 402 g/mol. The lowest BCUT2D eigenvalue weighted by atomic mass is 10.1. The summed E-state index contributed by atoms with van der Waals surface area (Å²) in [6.07, 6.45) is 6.13. The summed E-state index contributed by atoms with van der Waals surface area (Å²) in [5, 5.41) is 15.1. The average molecular weight is 403 g/mol. The van der Waals surface area contributed by atoms with Crippen LogP contribution in [0.15, 0.2) is 48.5 Å². The number of aromatic nitrogens is 4. The molecular weight excluding hydrogens is 376 g/mol. The molecule has 1 N–H and O–H groups in total. The summed E-state index contributed by atoms with van der Waals surface area (Å²) in [4.78, 5) is 15.2. The molecule has 1 saturated heterocycles. The number of carbonyl (C=O) groups excluding carboxylic acids is 1. The van der Waals surface area contributed by atoms with Gasteiger partial charge in [-0.25, -0.2) is 4.68 Å². The van der Waals surface area contributed by atoms with E-state index in [0.29, 0.717) is 11.6 Å². The second kappa shape index (κ2) is 8.36. The quantitative estimate of drug-likeness (QED) is 0.676. The van der Waals surface area contributed by atoms with Crippen LogP contribution in [-0.4, -0.2) is 44.1 Å². The van der Waals surface area contributed by atoms with Crippen LogP contribution in [0.2, 0.25) is 0 Å². The highest BCUT2D eigenvalue weighted by molar-refractivity contribution is 6.04. The highest BCUT2D eigenvalue weighted by Crippen LogP contribution is 2.36. The molecule has 3 aromatic rings. The van der Waals surface area contributed by atoms with Crippen LogP contribution >= 0.6 is 0 Å². The number of likely N-dealkylation sites (tertiary alicyclic amines) is 1. The Bertz CT molecular complexity index is 1020. The van der Waals surface area contributed by atoms with Gasteiger partial charge in [-0.3, -0.25) is 9.69 Å². The largest absolute Gasteiger partial charge is 0.322 e. The zero-order valence-corrected chi connectivity index (χ0v) is 17.0. The number of hydrogen-bond donors (Lipinski definition) is 1. The molecule has 1 amide bonds. The van der Waals surface area contributed by atoms with Crippen molar-refractivity contribution in [2.24, 2.45) is 0 Å². The Morgan fingerprint density at radius 3 is 2.60 bits per heavy atom. The lowest BCUT2D eigenvalue weighted by Crippen LogP contribution is -2.29. The summed E-state index contributed by atoms with van der Waals surface area (Å²) < 4.78 is 1.88. The minimum absolute atomic E-state index is 0.113. The standard InChI is InChI=1S/C23H26N6O/c30-23(18-9-7-17(8-10-18)16-28-13-2-1-3-14-28)24-20-6-4-5-19(15-20)22-25-26-27-29(22)21-11-12-21/h4-10,15,21H,1-3,11-14,16H2,(H,24,30). The lowest BCUT2D eigenvalue weighted by Gasteiger charge is -2.26. The number of amides is 1. The van der Waals surface area contributed by atoms with Gasteiger partial charge in [-0.05, 0) is 79.0 Å². The molecule has 0 atom stereocenters. The molecule has 0 radical (unpaired) electrons. The number of tetrazole rings is 1. The number of piperidine rings is 1. The number of rotatable bonds is 6. The predicted molar refractivity (Wildman–Crippen MR) is 115 cm³/mol. The third-order valence-corrected chi connectivity index (χ3v) is 5.84. The molecule has 2 heterocycles. The third kappa shape index (κ3) is 4.26. The Labute approximate surface area is 176 Å². The van der Waals surface area contributed by atoms with Crippen molar-refractivity contribution in [2.45, 2.75) is 44.7 Å². The number of benzene rings is 2. The van der Waals surface area contributed by atoms with Gasteiger partial charge in [-0.1, -0.05) is 30.7 Å². The van der Waals surface area contributed by atoms with Gasteiger partial charge in [0.05, 0.1) is 6.04 Å². The van der Waals surface area contributed by atoms with Crippen molar-refractivity contribution in [2.75, 3.05) is 18.4 Å². The van der Waals surface area contributed by atoms with Gasteiger partial charge >= 0.3 is 0 Å². The van der Waals surface area contributed by atoms with Crippen molar-refractivity contribution < 1.29 is 4.79 Å². The molecule has 5 rings (SSSR count). The minimum Gasteiger partial charge on any atom is -0.322 e. The number of hydrogen-bond acceptors (Lipinski definition) is 5. The molecule has 0 spiro atoms. The molecule has 154 valence electrons. The van der Waals surface area contributed by atoms with Crippen molar-refractivity contribution in [1.29, 1.82) is 0 Å². The second-order valence-electron chi connectivity index (χ2n) is 8.25. The van der Waals surface area contributed by atoms with Gasteiger partial charge in [0.2, 0.25) is 0 Å².